The van der Waals surface area contributed by atoms with E-state index in [9.17, 15) is 13.7 Å². The van der Waals surface area contributed by atoms with Gasteiger partial charge in [0.25, 0.3) is 0 Å². The summed E-state index contributed by atoms with van der Waals surface area (Å²) in [5.41, 5.74) is 5.66. The lowest BCUT2D eigenvalue weighted by molar-refractivity contribution is 0.281. The highest BCUT2D eigenvalue weighted by Crippen LogP contribution is 2.32. The fraction of sp³-hybridized carbons (Fsp3) is 0.286. The minimum atomic E-state index is -0.937. The number of aliphatic hydroxyl groups is 1. The van der Waals surface area contributed by atoms with Gasteiger partial charge in [0.1, 0.15) is 0 Å². The Labute approximate surface area is 140 Å². The molecule has 0 fully saturated rings. The molecule has 2 rings (SSSR count). The van der Waals surface area contributed by atoms with Gasteiger partial charge >= 0.3 is 0 Å². The lowest BCUT2D eigenvalue weighted by atomic mass is 10.2. The minimum Gasteiger partial charge on any atom is -0.394 e. The summed E-state index contributed by atoms with van der Waals surface area (Å²) < 4.78 is 26.8. The first-order valence-electron chi connectivity index (χ1n) is 6.90. The molecule has 10 heteroatoms. The third-order valence-corrected chi connectivity index (χ3v) is 3.92. The number of halogens is 2. The molecule has 2 aromatic rings. The number of nitrogens with one attached hydrogen (secondary N) is 1. The summed E-state index contributed by atoms with van der Waals surface area (Å²) >= 11 is 1.02. The number of benzene rings is 1. The topological polar surface area (TPSA) is 113 Å². The summed E-state index contributed by atoms with van der Waals surface area (Å²) in [7, 11) is 0. The molecule has 0 aliphatic rings. The van der Waals surface area contributed by atoms with Crippen LogP contribution in [0.15, 0.2) is 28.5 Å². The van der Waals surface area contributed by atoms with Gasteiger partial charge in [0.15, 0.2) is 34.1 Å². The average molecular weight is 355 g/mol. The quantitative estimate of drug-likeness (QED) is 0.397. The van der Waals surface area contributed by atoms with Crippen LogP contribution < -0.4 is 11.1 Å². The van der Waals surface area contributed by atoms with Gasteiger partial charge in [0.2, 0.25) is 0 Å². The van der Waals surface area contributed by atoms with E-state index in [2.05, 4.69) is 20.5 Å². The highest BCUT2D eigenvalue weighted by molar-refractivity contribution is 7.98. The predicted molar refractivity (Wildman–Crippen MR) is 88.0 cm³/mol. The Morgan fingerprint density at radius 3 is 2.83 bits per heavy atom. The molecule has 128 valence electrons. The Bertz CT molecular complexity index is 747. The Morgan fingerprint density at radius 2 is 2.17 bits per heavy atom. The maximum atomic E-state index is 13.6. The molecular weight excluding hydrogens is 340 g/mol. The smallest absolute Gasteiger partial charge is 0.192 e. The molecule has 1 atom stereocenters. The van der Waals surface area contributed by atoms with Crippen LogP contribution in [0.2, 0.25) is 0 Å². The number of hydrogen-bond acceptors (Lipinski definition) is 8. The third-order valence-electron chi connectivity index (χ3n) is 3.03. The number of aliphatic hydroxyl groups excluding tert-OH is 1. The van der Waals surface area contributed by atoms with Crippen molar-refractivity contribution in [2.75, 3.05) is 17.7 Å². The molecule has 0 amide bonds. The summed E-state index contributed by atoms with van der Waals surface area (Å²) in [6, 6.07) is 3.49. The highest BCUT2D eigenvalue weighted by Gasteiger charge is 2.16. The number of aromatic nitrogens is 2. The van der Waals surface area contributed by atoms with Crippen LogP contribution >= 0.6 is 11.8 Å². The fourth-order valence-electron chi connectivity index (χ4n) is 1.79. The summed E-state index contributed by atoms with van der Waals surface area (Å²) in [6.07, 6.45) is 0. The highest BCUT2D eigenvalue weighted by atomic mass is 32.2. The molecule has 4 N–H and O–H groups in total. The first-order chi connectivity index (χ1) is 11.5. The lowest BCUT2D eigenvalue weighted by Crippen LogP contribution is -2.20. The number of anilines is 2. The molecule has 0 saturated carbocycles. The number of nitrogens with two attached hydrogens (primary N) is 1. The van der Waals surface area contributed by atoms with Gasteiger partial charge in [0, 0.05) is 17.4 Å². The Balaban J connectivity index is 2.24. The summed E-state index contributed by atoms with van der Waals surface area (Å²) in [6.45, 7) is 1.47. The minimum absolute atomic E-state index is 0.0706. The van der Waals surface area contributed by atoms with Crippen molar-refractivity contribution < 1.29 is 13.9 Å². The number of nitroso groups, excluding NO2 is 1. The molecule has 0 radical (unpaired) electrons. The standard InChI is InChI=1S/C14H15F2N5O2S/c1-7(5-22)18-13-11(21-23)12(17)19-14(20-13)24-6-8-3-2-4-9(15)10(8)16/h2-4,7,22H,5-6H2,1H3,(H3,17,18,19,20). The van der Waals surface area contributed by atoms with Crippen LogP contribution in [0.4, 0.5) is 26.1 Å². The maximum Gasteiger partial charge on any atom is 0.192 e. The molecule has 0 aliphatic heterocycles. The number of hydrogen-bond donors (Lipinski definition) is 3. The zero-order valence-electron chi connectivity index (χ0n) is 12.7. The van der Waals surface area contributed by atoms with Gasteiger partial charge < -0.3 is 16.2 Å². The Hall–Kier alpha value is -2.33. The normalized spacial score (nSPS) is 12.0. The molecule has 1 heterocycles. The number of thioether (sulfide) groups is 1. The van der Waals surface area contributed by atoms with E-state index in [4.69, 9.17) is 10.8 Å². The van der Waals surface area contributed by atoms with Crippen LogP contribution in [0.3, 0.4) is 0 Å². The number of nitrogens with zero attached hydrogens (tertiary/aromatic N) is 3. The van der Waals surface area contributed by atoms with Crippen LogP contribution in [-0.2, 0) is 5.75 Å². The van der Waals surface area contributed by atoms with Crippen molar-refractivity contribution in [1.29, 1.82) is 0 Å². The SMILES string of the molecule is CC(CO)Nc1nc(SCc2cccc(F)c2F)nc(N)c1N=O. The monoisotopic (exact) mass is 355 g/mol. The van der Waals surface area contributed by atoms with E-state index in [0.29, 0.717) is 0 Å². The van der Waals surface area contributed by atoms with Crippen LogP contribution in [0.25, 0.3) is 0 Å². The van der Waals surface area contributed by atoms with Gasteiger partial charge in [-0.05, 0) is 18.2 Å². The molecule has 1 aromatic heterocycles. The molecule has 7 nitrogen and oxygen atoms in total. The largest absolute Gasteiger partial charge is 0.394 e. The van der Waals surface area contributed by atoms with Gasteiger partial charge in [-0.3, -0.25) is 0 Å². The zero-order chi connectivity index (χ0) is 17.7. The second-order valence-electron chi connectivity index (χ2n) is 4.91. The lowest BCUT2D eigenvalue weighted by Gasteiger charge is -2.14. The van der Waals surface area contributed by atoms with E-state index in [1.54, 1.807) is 6.92 Å². The van der Waals surface area contributed by atoms with Gasteiger partial charge in [0.05, 0.1) is 6.61 Å². The first kappa shape index (κ1) is 18.0. The molecule has 1 unspecified atom stereocenters. The van der Waals surface area contributed by atoms with Gasteiger partial charge in [-0.2, -0.15) is 0 Å². The number of nitrogen functional groups attached to an aromatic ring is 1. The van der Waals surface area contributed by atoms with Crippen LogP contribution in [0.1, 0.15) is 12.5 Å². The molecule has 24 heavy (non-hydrogen) atoms. The van der Waals surface area contributed by atoms with Crippen molar-refractivity contribution in [1.82, 2.24) is 9.97 Å². The summed E-state index contributed by atoms with van der Waals surface area (Å²) in [4.78, 5) is 18.9. The molecule has 1 aromatic carbocycles. The second kappa shape index (κ2) is 7.97. The number of rotatable bonds is 7. The van der Waals surface area contributed by atoms with E-state index < -0.39 is 17.7 Å². The van der Waals surface area contributed by atoms with Gasteiger partial charge in [-0.1, -0.05) is 23.9 Å². The van der Waals surface area contributed by atoms with E-state index in [1.165, 1.54) is 12.1 Å². The van der Waals surface area contributed by atoms with Crippen LogP contribution in [-0.4, -0.2) is 27.7 Å². The van der Waals surface area contributed by atoms with Gasteiger partial charge in [-0.25, -0.2) is 18.7 Å². The Morgan fingerprint density at radius 1 is 1.42 bits per heavy atom. The van der Waals surface area contributed by atoms with Crippen LogP contribution in [0, 0.1) is 16.5 Å². The van der Waals surface area contributed by atoms with Crippen molar-refractivity contribution in [3.8, 4) is 0 Å². The predicted octanol–water partition coefficient (Wildman–Crippen LogP) is 2.82. The first-order valence-corrected chi connectivity index (χ1v) is 7.88. The Kier molecular flexibility index (Phi) is 5.99. The van der Waals surface area contributed by atoms with E-state index in [0.717, 1.165) is 17.8 Å². The van der Waals surface area contributed by atoms with Crippen molar-refractivity contribution in [2.24, 2.45) is 5.18 Å². The van der Waals surface area contributed by atoms with Crippen molar-refractivity contribution in [2.45, 2.75) is 23.9 Å². The average Bonchev–Trinajstić information content (AvgIpc) is 2.56. The van der Waals surface area contributed by atoms with Crippen molar-refractivity contribution in [3.05, 3.63) is 40.3 Å². The van der Waals surface area contributed by atoms with E-state index in [1.807, 2.05) is 0 Å². The maximum absolute atomic E-state index is 13.6. The van der Waals surface area contributed by atoms with Crippen molar-refractivity contribution in [3.63, 3.8) is 0 Å². The molecule has 0 spiro atoms. The molecule has 0 bridgehead atoms. The van der Waals surface area contributed by atoms with Gasteiger partial charge in [-0.15, -0.1) is 4.91 Å². The van der Waals surface area contributed by atoms with Crippen LogP contribution in [0.5, 0.6) is 0 Å². The van der Waals surface area contributed by atoms with E-state index in [-0.39, 0.29) is 40.4 Å². The molecule has 0 saturated heterocycles. The fourth-order valence-corrected chi connectivity index (χ4v) is 2.61. The summed E-state index contributed by atoms with van der Waals surface area (Å²) in [5, 5.41) is 14.8. The zero-order valence-corrected chi connectivity index (χ0v) is 13.5. The summed E-state index contributed by atoms with van der Waals surface area (Å²) in [5.74, 6) is -1.87. The second-order valence-corrected chi connectivity index (χ2v) is 5.85. The third kappa shape index (κ3) is 4.15. The van der Waals surface area contributed by atoms with Crippen molar-refractivity contribution >= 4 is 29.1 Å². The van der Waals surface area contributed by atoms with E-state index >= 15 is 0 Å². The molecule has 0 aliphatic carbocycles. The molecular formula is C14H15F2N5O2S.